The Hall–Kier alpha value is -0.410. The van der Waals surface area contributed by atoms with Crippen LogP contribution in [0.2, 0.25) is 0 Å². The number of hydrogen-bond donors (Lipinski definition) is 1. The minimum absolute atomic E-state index is 0.128. The molecule has 0 radical (unpaired) electrons. The Labute approximate surface area is 105 Å². The minimum atomic E-state index is -0.128. The quantitative estimate of drug-likeness (QED) is 0.866. The molecule has 0 saturated heterocycles. The Bertz CT molecular complexity index is 374. The molecule has 0 aromatic heterocycles. The highest BCUT2D eigenvalue weighted by molar-refractivity contribution is 9.10. The smallest absolute Gasteiger partial charge is 0.127 e. The summed E-state index contributed by atoms with van der Waals surface area (Å²) in [5.74, 6) is -0.128. The summed E-state index contributed by atoms with van der Waals surface area (Å²) in [7, 11) is 0. The van der Waals surface area contributed by atoms with E-state index in [0.29, 0.717) is 12.0 Å². The van der Waals surface area contributed by atoms with Gasteiger partial charge in [-0.25, -0.2) is 4.39 Å². The second-order valence-electron chi connectivity index (χ2n) is 4.69. The standard InChI is InChI=1S/C13H17BrFN/c1-2-13(5-6-13)9-16-8-10-7-11(14)3-4-12(10)15/h3-4,7,16H,2,5-6,8-9H2,1H3. The maximum absolute atomic E-state index is 13.4. The largest absolute Gasteiger partial charge is 0.312 e. The Kier molecular flexibility index (Phi) is 3.65. The third-order valence-corrected chi connectivity index (χ3v) is 4.02. The summed E-state index contributed by atoms with van der Waals surface area (Å²) in [6, 6.07) is 5.08. The zero-order valence-electron chi connectivity index (χ0n) is 9.52. The van der Waals surface area contributed by atoms with Crippen molar-refractivity contribution in [3.05, 3.63) is 34.1 Å². The van der Waals surface area contributed by atoms with E-state index in [9.17, 15) is 4.39 Å². The fourth-order valence-electron chi connectivity index (χ4n) is 1.97. The number of nitrogens with one attached hydrogen (secondary N) is 1. The molecule has 2 rings (SSSR count). The van der Waals surface area contributed by atoms with Crippen LogP contribution in [0.25, 0.3) is 0 Å². The second kappa shape index (κ2) is 4.84. The average molecular weight is 286 g/mol. The molecule has 1 aliphatic rings. The van der Waals surface area contributed by atoms with E-state index in [1.165, 1.54) is 25.3 Å². The van der Waals surface area contributed by atoms with Crippen molar-refractivity contribution in [2.24, 2.45) is 5.41 Å². The van der Waals surface area contributed by atoms with E-state index in [1.54, 1.807) is 6.07 Å². The minimum Gasteiger partial charge on any atom is -0.312 e. The topological polar surface area (TPSA) is 12.0 Å². The number of halogens is 2. The Morgan fingerprint density at radius 3 is 2.81 bits per heavy atom. The van der Waals surface area contributed by atoms with E-state index >= 15 is 0 Å². The van der Waals surface area contributed by atoms with Crippen molar-refractivity contribution in [2.75, 3.05) is 6.54 Å². The lowest BCUT2D eigenvalue weighted by Gasteiger charge is -2.13. The molecule has 1 aliphatic carbocycles. The first kappa shape index (κ1) is 12.1. The van der Waals surface area contributed by atoms with Gasteiger partial charge < -0.3 is 5.32 Å². The van der Waals surface area contributed by atoms with Crippen molar-refractivity contribution in [2.45, 2.75) is 32.7 Å². The summed E-state index contributed by atoms with van der Waals surface area (Å²) in [5.41, 5.74) is 1.25. The molecule has 0 amide bonds. The van der Waals surface area contributed by atoms with Gasteiger partial charge in [0.25, 0.3) is 0 Å². The Morgan fingerprint density at radius 2 is 2.19 bits per heavy atom. The van der Waals surface area contributed by atoms with Gasteiger partial charge >= 0.3 is 0 Å². The molecule has 3 heteroatoms. The number of hydrogen-bond acceptors (Lipinski definition) is 1. The molecule has 0 atom stereocenters. The number of benzene rings is 1. The van der Waals surface area contributed by atoms with Crippen LogP contribution in [0, 0.1) is 11.2 Å². The molecule has 1 nitrogen and oxygen atoms in total. The molecule has 1 N–H and O–H groups in total. The highest BCUT2D eigenvalue weighted by Crippen LogP contribution is 2.47. The molecular weight excluding hydrogens is 269 g/mol. The van der Waals surface area contributed by atoms with E-state index in [2.05, 4.69) is 28.2 Å². The summed E-state index contributed by atoms with van der Waals surface area (Å²) in [6.45, 7) is 3.86. The van der Waals surface area contributed by atoms with Crippen LogP contribution < -0.4 is 5.32 Å². The van der Waals surface area contributed by atoms with Gasteiger partial charge in [-0.2, -0.15) is 0 Å². The molecule has 0 bridgehead atoms. The molecule has 0 spiro atoms. The molecule has 1 aromatic carbocycles. The summed E-state index contributed by atoms with van der Waals surface area (Å²) < 4.78 is 14.4. The monoisotopic (exact) mass is 285 g/mol. The molecule has 0 heterocycles. The van der Waals surface area contributed by atoms with Crippen molar-refractivity contribution < 1.29 is 4.39 Å². The van der Waals surface area contributed by atoms with E-state index in [-0.39, 0.29) is 5.82 Å². The first-order chi connectivity index (χ1) is 7.65. The van der Waals surface area contributed by atoms with Crippen LogP contribution in [0.4, 0.5) is 4.39 Å². The zero-order valence-corrected chi connectivity index (χ0v) is 11.1. The summed E-state index contributed by atoms with van der Waals surface area (Å²) in [6.07, 6.45) is 3.86. The maximum Gasteiger partial charge on any atom is 0.127 e. The van der Waals surface area contributed by atoms with Gasteiger partial charge in [0.1, 0.15) is 5.82 Å². The predicted octanol–water partition coefficient (Wildman–Crippen LogP) is 3.87. The van der Waals surface area contributed by atoms with Crippen LogP contribution >= 0.6 is 15.9 Å². The fraction of sp³-hybridized carbons (Fsp3) is 0.538. The van der Waals surface area contributed by atoms with Crippen molar-refractivity contribution in [3.63, 3.8) is 0 Å². The first-order valence-corrected chi connectivity index (χ1v) is 6.59. The van der Waals surface area contributed by atoms with Gasteiger partial charge in [-0.3, -0.25) is 0 Å². The average Bonchev–Trinajstić information content (AvgIpc) is 3.04. The molecule has 88 valence electrons. The predicted molar refractivity (Wildman–Crippen MR) is 67.8 cm³/mol. The van der Waals surface area contributed by atoms with E-state index in [4.69, 9.17) is 0 Å². The van der Waals surface area contributed by atoms with Crippen LogP contribution in [-0.4, -0.2) is 6.54 Å². The first-order valence-electron chi connectivity index (χ1n) is 5.80. The third kappa shape index (κ3) is 2.83. The highest BCUT2D eigenvalue weighted by atomic mass is 79.9. The zero-order chi connectivity index (χ0) is 11.6. The SMILES string of the molecule is CCC1(CNCc2cc(Br)ccc2F)CC1. The van der Waals surface area contributed by atoms with Gasteiger partial charge in [-0.15, -0.1) is 0 Å². The van der Waals surface area contributed by atoms with Crippen LogP contribution in [0.1, 0.15) is 31.7 Å². The van der Waals surface area contributed by atoms with Gasteiger partial charge in [0.2, 0.25) is 0 Å². The maximum atomic E-state index is 13.4. The van der Waals surface area contributed by atoms with Crippen molar-refractivity contribution in [1.82, 2.24) is 5.32 Å². The lowest BCUT2D eigenvalue weighted by Crippen LogP contribution is -2.23. The van der Waals surface area contributed by atoms with Gasteiger partial charge in [-0.05, 0) is 42.9 Å². The Balaban J connectivity index is 1.87. The van der Waals surface area contributed by atoms with Crippen molar-refractivity contribution >= 4 is 15.9 Å². The van der Waals surface area contributed by atoms with Gasteiger partial charge in [0.05, 0.1) is 0 Å². The van der Waals surface area contributed by atoms with Gasteiger partial charge in [-0.1, -0.05) is 22.9 Å². The lowest BCUT2D eigenvalue weighted by atomic mass is 10.0. The van der Waals surface area contributed by atoms with Crippen molar-refractivity contribution in [1.29, 1.82) is 0 Å². The van der Waals surface area contributed by atoms with Crippen LogP contribution in [-0.2, 0) is 6.54 Å². The van der Waals surface area contributed by atoms with Crippen LogP contribution in [0.15, 0.2) is 22.7 Å². The van der Waals surface area contributed by atoms with Crippen LogP contribution in [0.5, 0.6) is 0 Å². The van der Waals surface area contributed by atoms with E-state index in [1.807, 2.05) is 6.07 Å². The molecule has 1 saturated carbocycles. The van der Waals surface area contributed by atoms with Crippen LogP contribution in [0.3, 0.4) is 0 Å². The fourth-order valence-corrected chi connectivity index (χ4v) is 2.38. The summed E-state index contributed by atoms with van der Waals surface area (Å²) >= 11 is 3.36. The second-order valence-corrected chi connectivity index (χ2v) is 5.61. The summed E-state index contributed by atoms with van der Waals surface area (Å²) in [4.78, 5) is 0. The lowest BCUT2D eigenvalue weighted by molar-refractivity contribution is 0.440. The van der Waals surface area contributed by atoms with Crippen molar-refractivity contribution in [3.8, 4) is 0 Å². The molecule has 16 heavy (non-hydrogen) atoms. The number of rotatable bonds is 5. The highest BCUT2D eigenvalue weighted by Gasteiger charge is 2.39. The molecule has 1 fully saturated rings. The summed E-state index contributed by atoms with van der Waals surface area (Å²) in [5, 5.41) is 3.36. The molecule has 0 unspecified atom stereocenters. The molecular formula is C13H17BrFN. The van der Waals surface area contributed by atoms with Gasteiger partial charge in [0.15, 0.2) is 0 Å². The molecule has 1 aromatic rings. The Morgan fingerprint density at radius 1 is 1.44 bits per heavy atom. The van der Waals surface area contributed by atoms with E-state index in [0.717, 1.165) is 16.6 Å². The third-order valence-electron chi connectivity index (χ3n) is 3.53. The molecule has 0 aliphatic heterocycles. The van der Waals surface area contributed by atoms with E-state index < -0.39 is 0 Å². The normalized spacial score (nSPS) is 17.4. The van der Waals surface area contributed by atoms with Gasteiger partial charge in [0, 0.05) is 23.1 Å².